The van der Waals surface area contributed by atoms with E-state index >= 15 is 0 Å². The van der Waals surface area contributed by atoms with E-state index in [0.717, 1.165) is 28.2 Å². The number of nitrogens with one attached hydrogen (secondary N) is 4. The summed E-state index contributed by atoms with van der Waals surface area (Å²) in [5.74, 6) is 2.69. The molecule has 30 heavy (non-hydrogen) atoms. The summed E-state index contributed by atoms with van der Waals surface area (Å²) in [7, 11) is 0. The Hall–Kier alpha value is -3.68. The molecule has 1 aromatic carbocycles. The summed E-state index contributed by atoms with van der Waals surface area (Å²) in [5, 5.41) is 12.1. The van der Waals surface area contributed by atoms with Crippen molar-refractivity contribution in [2.45, 2.75) is 27.7 Å². The van der Waals surface area contributed by atoms with Gasteiger partial charge in [-0.05, 0) is 62.6 Å². The highest BCUT2D eigenvalue weighted by atomic mass is 16.2. The second-order valence-corrected chi connectivity index (χ2v) is 7.08. The van der Waals surface area contributed by atoms with Gasteiger partial charge in [-0.25, -0.2) is 19.7 Å². The number of nitrogens with zero attached hydrogens (tertiary/aromatic N) is 3. The number of carbonyl (C=O) groups excluding carboxylic acids is 1. The molecule has 156 valence electrons. The van der Waals surface area contributed by atoms with Crippen LogP contribution in [0.15, 0.2) is 42.6 Å². The molecule has 2 amide bonds. The molecular weight excluding hydrogens is 378 g/mol. The lowest BCUT2D eigenvalue weighted by Crippen LogP contribution is -2.33. The van der Waals surface area contributed by atoms with Crippen LogP contribution in [-0.4, -0.2) is 34.1 Å². The molecule has 0 aliphatic rings. The monoisotopic (exact) mass is 405 g/mol. The third kappa shape index (κ3) is 5.91. The number of amides is 2. The van der Waals surface area contributed by atoms with E-state index in [0.29, 0.717) is 30.5 Å². The Labute approximate surface area is 176 Å². The molecule has 2 heterocycles. The maximum absolute atomic E-state index is 12.1. The van der Waals surface area contributed by atoms with Crippen LogP contribution in [0.3, 0.4) is 0 Å². The van der Waals surface area contributed by atoms with E-state index in [9.17, 15) is 4.79 Å². The number of aromatic nitrogens is 3. The smallest absolute Gasteiger partial charge is 0.319 e. The molecule has 0 aliphatic heterocycles. The minimum absolute atomic E-state index is 0.239. The number of urea groups is 1. The van der Waals surface area contributed by atoms with Crippen LogP contribution in [-0.2, 0) is 0 Å². The molecule has 4 N–H and O–H groups in total. The summed E-state index contributed by atoms with van der Waals surface area (Å²) < 4.78 is 0. The average Bonchev–Trinajstić information content (AvgIpc) is 2.68. The fourth-order valence-corrected chi connectivity index (χ4v) is 2.88. The highest BCUT2D eigenvalue weighted by Gasteiger charge is 2.06. The SMILES string of the molecule is Cc1ccnc(Nc2cc(NCCNC(=O)Nc3cccc(C)c3C)nc(C)n2)c1. The lowest BCUT2D eigenvalue weighted by molar-refractivity contribution is 0.252. The Balaban J connectivity index is 1.50. The van der Waals surface area contributed by atoms with Crippen molar-refractivity contribution in [3.8, 4) is 0 Å². The molecule has 3 aromatic rings. The molecule has 3 rings (SSSR count). The first-order chi connectivity index (χ1) is 14.4. The van der Waals surface area contributed by atoms with Gasteiger partial charge in [-0.3, -0.25) is 0 Å². The molecule has 0 unspecified atom stereocenters. The Kier molecular flexibility index (Phi) is 6.79. The third-order valence-electron chi connectivity index (χ3n) is 4.58. The second-order valence-electron chi connectivity index (χ2n) is 7.08. The zero-order valence-electron chi connectivity index (χ0n) is 17.7. The number of anilines is 4. The van der Waals surface area contributed by atoms with Crippen LogP contribution in [0.25, 0.3) is 0 Å². The van der Waals surface area contributed by atoms with Crippen molar-refractivity contribution in [1.29, 1.82) is 0 Å². The molecule has 2 aromatic heterocycles. The summed E-state index contributed by atoms with van der Waals surface area (Å²) in [6.07, 6.45) is 1.75. The molecular formula is C22H27N7O. The topological polar surface area (TPSA) is 104 Å². The summed E-state index contributed by atoms with van der Waals surface area (Å²) in [6, 6.07) is 11.3. The fraction of sp³-hybridized carbons (Fsp3) is 0.273. The average molecular weight is 406 g/mol. The van der Waals surface area contributed by atoms with Crippen molar-refractivity contribution >= 4 is 29.2 Å². The van der Waals surface area contributed by atoms with E-state index in [1.165, 1.54) is 0 Å². The van der Waals surface area contributed by atoms with Crippen LogP contribution in [0, 0.1) is 27.7 Å². The second kappa shape index (κ2) is 9.69. The van der Waals surface area contributed by atoms with Crippen molar-refractivity contribution in [1.82, 2.24) is 20.3 Å². The Bertz CT molecular complexity index is 1040. The van der Waals surface area contributed by atoms with Gasteiger partial charge in [0.25, 0.3) is 0 Å². The van der Waals surface area contributed by atoms with E-state index < -0.39 is 0 Å². The predicted molar refractivity (Wildman–Crippen MR) is 120 cm³/mol. The summed E-state index contributed by atoms with van der Waals surface area (Å²) in [6.45, 7) is 8.82. The van der Waals surface area contributed by atoms with Crippen molar-refractivity contribution in [2.24, 2.45) is 0 Å². The van der Waals surface area contributed by atoms with E-state index in [-0.39, 0.29) is 6.03 Å². The van der Waals surface area contributed by atoms with Crippen molar-refractivity contribution in [3.63, 3.8) is 0 Å². The van der Waals surface area contributed by atoms with E-state index in [2.05, 4.69) is 36.2 Å². The van der Waals surface area contributed by atoms with Gasteiger partial charge in [-0.15, -0.1) is 0 Å². The van der Waals surface area contributed by atoms with Crippen molar-refractivity contribution in [3.05, 3.63) is 65.1 Å². The van der Waals surface area contributed by atoms with Crippen LogP contribution < -0.4 is 21.3 Å². The maximum Gasteiger partial charge on any atom is 0.319 e. The Morgan fingerprint density at radius 1 is 0.933 bits per heavy atom. The number of hydrogen-bond donors (Lipinski definition) is 4. The van der Waals surface area contributed by atoms with Crippen LogP contribution in [0.2, 0.25) is 0 Å². The van der Waals surface area contributed by atoms with Crippen LogP contribution >= 0.6 is 0 Å². The fourth-order valence-electron chi connectivity index (χ4n) is 2.88. The van der Waals surface area contributed by atoms with Gasteiger partial charge in [-0.1, -0.05) is 12.1 Å². The van der Waals surface area contributed by atoms with Gasteiger partial charge in [0.1, 0.15) is 23.3 Å². The molecule has 0 atom stereocenters. The van der Waals surface area contributed by atoms with E-state index in [4.69, 9.17) is 0 Å². The highest BCUT2D eigenvalue weighted by molar-refractivity contribution is 5.90. The molecule has 8 nitrogen and oxygen atoms in total. The first-order valence-corrected chi connectivity index (χ1v) is 9.81. The first kappa shape index (κ1) is 21.0. The van der Waals surface area contributed by atoms with E-state index in [1.54, 1.807) is 6.20 Å². The van der Waals surface area contributed by atoms with Gasteiger partial charge < -0.3 is 21.3 Å². The van der Waals surface area contributed by atoms with Gasteiger partial charge in [0.15, 0.2) is 0 Å². The summed E-state index contributed by atoms with van der Waals surface area (Å²) in [5.41, 5.74) is 4.12. The Morgan fingerprint density at radius 2 is 1.73 bits per heavy atom. The number of rotatable bonds is 7. The first-order valence-electron chi connectivity index (χ1n) is 9.81. The van der Waals surface area contributed by atoms with E-state index in [1.807, 2.05) is 64.1 Å². The third-order valence-corrected chi connectivity index (χ3v) is 4.58. The minimum atomic E-state index is -0.239. The summed E-state index contributed by atoms with van der Waals surface area (Å²) >= 11 is 0. The van der Waals surface area contributed by atoms with Crippen LogP contribution in [0.5, 0.6) is 0 Å². The predicted octanol–water partition coefficient (Wildman–Crippen LogP) is 4.08. The van der Waals surface area contributed by atoms with Crippen LogP contribution in [0.4, 0.5) is 27.9 Å². The molecule has 0 aliphatic carbocycles. The lowest BCUT2D eigenvalue weighted by atomic mass is 10.1. The van der Waals surface area contributed by atoms with Gasteiger partial charge in [0.2, 0.25) is 0 Å². The Morgan fingerprint density at radius 3 is 2.53 bits per heavy atom. The number of carbonyl (C=O) groups is 1. The number of pyridine rings is 1. The maximum atomic E-state index is 12.1. The number of benzene rings is 1. The quantitative estimate of drug-likeness (QED) is 0.442. The lowest BCUT2D eigenvalue weighted by Gasteiger charge is -2.12. The largest absolute Gasteiger partial charge is 0.368 e. The molecule has 0 radical (unpaired) electrons. The van der Waals surface area contributed by atoms with Gasteiger partial charge >= 0.3 is 6.03 Å². The molecule has 0 spiro atoms. The molecule has 8 heteroatoms. The van der Waals surface area contributed by atoms with Gasteiger partial charge in [0.05, 0.1) is 0 Å². The zero-order chi connectivity index (χ0) is 21.5. The molecule has 0 saturated heterocycles. The minimum Gasteiger partial charge on any atom is -0.368 e. The van der Waals surface area contributed by atoms with Gasteiger partial charge in [0, 0.05) is 31.0 Å². The van der Waals surface area contributed by atoms with Crippen molar-refractivity contribution in [2.75, 3.05) is 29.0 Å². The summed E-state index contributed by atoms with van der Waals surface area (Å²) in [4.78, 5) is 25.2. The van der Waals surface area contributed by atoms with Gasteiger partial charge in [-0.2, -0.15) is 0 Å². The number of aryl methyl sites for hydroxylation is 3. The molecule has 0 bridgehead atoms. The zero-order valence-corrected chi connectivity index (χ0v) is 17.7. The number of hydrogen-bond acceptors (Lipinski definition) is 6. The highest BCUT2D eigenvalue weighted by Crippen LogP contribution is 2.18. The molecule has 0 fully saturated rings. The molecule has 0 saturated carbocycles. The standard InChI is InChI=1S/C22H27N7O/c1-14-8-9-23-19(12-14)29-21-13-20(26-17(4)27-21)24-10-11-25-22(30)28-18-7-5-6-15(2)16(18)3/h5-9,12-13H,10-11H2,1-4H3,(H2,25,28,30)(H2,23,24,26,27,29). The van der Waals surface area contributed by atoms with Crippen molar-refractivity contribution < 1.29 is 4.79 Å². The normalized spacial score (nSPS) is 10.4. The van der Waals surface area contributed by atoms with Crippen LogP contribution in [0.1, 0.15) is 22.5 Å².